The third-order valence-corrected chi connectivity index (χ3v) is 3.79. The van der Waals surface area contributed by atoms with Gasteiger partial charge in [-0.2, -0.15) is 0 Å². The van der Waals surface area contributed by atoms with Crippen molar-refractivity contribution in [3.8, 4) is 16.9 Å². The van der Waals surface area contributed by atoms with Crippen molar-refractivity contribution in [2.75, 3.05) is 0 Å². The van der Waals surface area contributed by atoms with Gasteiger partial charge in [-0.05, 0) is 36.8 Å². The Morgan fingerprint density at radius 3 is 2.55 bits per heavy atom. The molecule has 1 aromatic heterocycles. The molecule has 2 aromatic carbocycles. The maximum Gasteiger partial charge on any atom is 0.135 e. The van der Waals surface area contributed by atoms with E-state index in [4.69, 9.17) is 23.2 Å². The summed E-state index contributed by atoms with van der Waals surface area (Å²) >= 11 is 12.1. The van der Waals surface area contributed by atoms with Gasteiger partial charge in [-0.25, -0.2) is 0 Å². The molecule has 1 heterocycles. The fourth-order valence-corrected chi connectivity index (χ4v) is 2.58. The molecule has 20 heavy (non-hydrogen) atoms. The number of benzene rings is 2. The van der Waals surface area contributed by atoms with Gasteiger partial charge >= 0.3 is 0 Å². The van der Waals surface area contributed by atoms with Gasteiger partial charge in [-0.1, -0.05) is 35.3 Å². The van der Waals surface area contributed by atoms with Crippen molar-refractivity contribution < 1.29 is 5.11 Å². The number of aromatic hydroxyl groups is 1. The van der Waals surface area contributed by atoms with Crippen LogP contribution in [0.5, 0.6) is 5.75 Å². The van der Waals surface area contributed by atoms with Gasteiger partial charge in [-0.3, -0.25) is 4.98 Å². The highest BCUT2D eigenvalue weighted by Crippen LogP contribution is 2.36. The molecule has 0 aliphatic carbocycles. The number of nitrogens with zero attached hydrogens (tertiary/aromatic N) is 1. The predicted octanol–water partition coefficient (Wildman–Crippen LogP) is 5.22. The van der Waals surface area contributed by atoms with E-state index in [1.54, 1.807) is 6.07 Å². The second-order valence-corrected chi connectivity index (χ2v) is 5.46. The van der Waals surface area contributed by atoms with Gasteiger partial charge in [0.2, 0.25) is 0 Å². The van der Waals surface area contributed by atoms with Gasteiger partial charge in [0.25, 0.3) is 0 Å². The van der Waals surface area contributed by atoms with Crippen LogP contribution < -0.4 is 0 Å². The highest BCUT2D eigenvalue weighted by molar-refractivity contribution is 6.36. The number of phenols is 1. The average molecular weight is 304 g/mol. The Bertz CT molecular complexity index is 815. The summed E-state index contributed by atoms with van der Waals surface area (Å²) in [6, 6.07) is 13.0. The van der Waals surface area contributed by atoms with Crippen LogP contribution in [0.3, 0.4) is 0 Å². The Morgan fingerprint density at radius 2 is 1.75 bits per heavy atom. The molecule has 0 aliphatic heterocycles. The summed E-state index contributed by atoms with van der Waals surface area (Å²) in [6.45, 7) is 1.96. The number of pyridine rings is 1. The van der Waals surface area contributed by atoms with E-state index in [1.807, 2.05) is 37.3 Å². The van der Waals surface area contributed by atoms with E-state index in [1.165, 1.54) is 6.07 Å². The van der Waals surface area contributed by atoms with E-state index >= 15 is 0 Å². The first-order chi connectivity index (χ1) is 9.54. The van der Waals surface area contributed by atoms with Gasteiger partial charge < -0.3 is 5.11 Å². The molecule has 0 radical (unpaired) electrons. The standard InChI is InChI=1S/C16H11Cl2NO/c1-9-2-3-11-6-10(4-5-15(11)19-9)12-7-14(18)16(20)8-13(12)17/h2-8,20H,1H3. The van der Waals surface area contributed by atoms with Crippen molar-refractivity contribution in [1.29, 1.82) is 0 Å². The Morgan fingerprint density at radius 1 is 0.950 bits per heavy atom. The van der Waals surface area contributed by atoms with Crippen LogP contribution in [-0.2, 0) is 0 Å². The average Bonchev–Trinajstić information content (AvgIpc) is 2.42. The van der Waals surface area contributed by atoms with Gasteiger partial charge in [0.1, 0.15) is 5.75 Å². The summed E-state index contributed by atoms with van der Waals surface area (Å²) in [7, 11) is 0. The van der Waals surface area contributed by atoms with Gasteiger partial charge in [0.15, 0.2) is 0 Å². The fraction of sp³-hybridized carbons (Fsp3) is 0.0625. The van der Waals surface area contributed by atoms with Crippen LogP contribution in [0.2, 0.25) is 10.0 Å². The molecule has 0 saturated heterocycles. The van der Waals surface area contributed by atoms with Crippen molar-refractivity contribution in [3.63, 3.8) is 0 Å². The van der Waals surface area contributed by atoms with Crippen LogP contribution in [0.15, 0.2) is 42.5 Å². The fourth-order valence-electron chi connectivity index (χ4n) is 2.15. The van der Waals surface area contributed by atoms with Crippen LogP contribution in [-0.4, -0.2) is 10.1 Å². The van der Waals surface area contributed by atoms with Crippen LogP contribution in [0.25, 0.3) is 22.0 Å². The van der Waals surface area contributed by atoms with Crippen LogP contribution in [0, 0.1) is 6.92 Å². The Kier molecular flexibility index (Phi) is 3.28. The van der Waals surface area contributed by atoms with Crippen LogP contribution in [0.1, 0.15) is 5.69 Å². The topological polar surface area (TPSA) is 33.1 Å². The molecule has 0 fully saturated rings. The molecule has 3 aromatic rings. The van der Waals surface area contributed by atoms with Crippen LogP contribution >= 0.6 is 23.2 Å². The van der Waals surface area contributed by atoms with E-state index < -0.39 is 0 Å². The lowest BCUT2D eigenvalue weighted by Gasteiger charge is -2.08. The summed E-state index contributed by atoms with van der Waals surface area (Å²) in [5.74, 6) is -0.0153. The van der Waals surface area contributed by atoms with E-state index in [-0.39, 0.29) is 10.8 Å². The molecular weight excluding hydrogens is 293 g/mol. The summed E-state index contributed by atoms with van der Waals surface area (Å²) in [5, 5.41) is 11.3. The number of halogens is 2. The SMILES string of the molecule is Cc1ccc2cc(-c3cc(Cl)c(O)cc3Cl)ccc2n1. The van der Waals surface area contributed by atoms with Crippen molar-refractivity contribution >= 4 is 34.1 Å². The van der Waals surface area contributed by atoms with Gasteiger partial charge in [0, 0.05) is 22.7 Å². The number of hydrogen-bond donors (Lipinski definition) is 1. The summed E-state index contributed by atoms with van der Waals surface area (Å²) < 4.78 is 0. The first-order valence-corrected chi connectivity index (χ1v) is 6.86. The Labute approximate surface area is 126 Å². The number of rotatable bonds is 1. The second-order valence-electron chi connectivity index (χ2n) is 4.64. The van der Waals surface area contributed by atoms with E-state index in [0.29, 0.717) is 5.02 Å². The maximum atomic E-state index is 9.55. The minimum atomic E-state index is -0.0153. The Balaban J connectivity index is 2.20. The molecule has 100 valence electrons. The minimum absolute atomic E-state index is 0.0153. The normalized spacial score (nSPS) is 10.9. The van der Waals surface area contributed by atoms with E-state index in [0.717, 1.165) is 27.7 Å². The zero-order valence-electron chi connectivity index (χ0n) is 10.7. The molecule has 0 aliphatic rings. The predicted molar refractivity (Wildman–Crippen MR) is 83.6 cm³/mol. The quantitative estimate of drug-likeness (QED) is 0.668. The molecule has 0 atom stereocenters. The third-order valence-electron chi connectivity index (χ3n) is 3.18. The molecule has 3 rings (SSSR count). The largest absolute Gasteiger partial charge is 0.506 e. The van der Waals surface area contributed by atoms with Crippen LogP contribution in [0.4, 0.5) is 0 Å². The zero-order valence-corrected chi connectivity index (χ0v) is 12.2. The van der Waals surface area contributed by atoms with E-state index in [2.05, 4.69) is 4.98 Å². The van der Waals surface area contributed by atoms with Crippen molar-refractivity contribution in [3.05, 3.63) is 58.2 Å². The number of fused-ring (bicyclic) bond motifs is 1. The molecule has 1 N–H and O–H groups in total. The molecule has 2 nitrogen and oxygen atoms in total. The zero-order chi connectivity index (χ0) is 14.3. The third kappa shape index (κ3) is 2.33. The maximum absolute atomic E-state index is 9.55. The van der Waals surface area contributed by atoms with Gasteiger partial charge in [0.05, 0.1) is 15.6 Å². The first-order valence-electron chi connectivity index (χ1n) is 6.10. The summed E-state index contributed by atoms with van der Waals surface area (Å²) in [4.78, 5) is 4.47. The lowest BCUT2D eigenvalue weighted by atomic mass is 10.0. The molecule has 0 spiro atoms. The summed E-state index contributed by atoms with van der Waals surface area (Å²) in [5.41, 5.74) is 3.65. The second kappa shape index (κ2) is 4.97. The highest BCUT2D eigenvalue weighted by Gasteiger charge is 2.09. The Hall–Kier alpha value is -1.77. The van der Waals surface area contributed by atoms with Crippen molar-refractivity contribution in [1.82, 2.24) is 4.98 Å². The van der Waals surface area contributed by atoms with Gasteiger partial charge in [-0.15, -0.1) is 0 Å². The molecule has 0 amide bonds. The lowest BCUT2D eigenvalue weighted by molar-refractivity contribution is 0.475. The molecule has 0 bridgehead atoms. The first kappa shape index (κ1) is 13.2. The smallest absolute Gasteiger partial charge is 0.135 e. The monoisotopic (exact) mass is 303 g/mol. The van der Waals surface area contributed by atoms with Crippen molar-refractivity contribution in [2.24, 2.45) is 0 Å². The van der Waals surface area contributed by atoms with E-state index in [9.17, 15) is 5.11 Å². The summed E-state index contributed by atoms with van der Waals surface area (Å²) in [6.07, 6.45) is 0. The molecule has 4 heteroatoms. The number of aryl methyl sites for hydroxylation is 1. The molecule has 0 unspecified atom stereocenters. The number of hydrogen-bond acceptors (Lipinski definition) is 2. The molecule has 0 saturated carbocycles. The number of aromatic nitrogens is 1. The minimum Gasteiger partial charge on any atom is -0.506 e. The van der Waals surface area contributed by atoms with Crippen molar-refractivity contribution in [2.45, 2.75) is 6.92 Å². The number of phenolic OH excluding ortho intramolecular Hbond substituents is 1. The lowest BCUT2D eigenvalue weighted by Crippen LogP contribution is -1.85. The molecular formula is C16H11Cl2NO. The highest BCUT2D eigenvalue weighted by atomic mass is 35.5.